The molecule has 0 saturated carbocycles. The molecule has 0 heterocycles. The Morgan fingerprint density at radius 2 is 0.432 bits per heavy atom. The summed E-state index contributed by atoms with van der Waals surface area (Å²) < 4.78 is 24.1. The van der Waals surface area contributed by atoms with Gasteiger partial charge < -0.3 is 0 Å². The first-order chi connectivity index (χ1) is 18.3. The van der Waals surface area contributed by atoms with Gasteiger partial charge in [-0.25, -0.2) is 8.78 Å². The first-order valence-electron chi connectivity index (χ1n) is 17.6. The van der Waals surface area contributed by atoms with E-state index < -0.39 is 6.43 Å². The van der Waals surface area contributed by atoms with E-state index in [-0.39, 0.29) is 6.42 Å². The lowest BCUT2D eigenvalue weighted by Gasteiger charge is -2.05. The lowest BCUT2D eigenvalue weighted by molar-refractivity contribution is 0.133. The Kier molecular flexibility index (Phi) is 33.8. The van der Waals surface area contributed by atoms with Crippen LogP contribution in [-0.2, 0) is 0 Å². The van der Waals surface area contributed by atoms with Crippen molar-refractivity contribution >= 4 is 0 Å². The Hall–Kier alpha value is -0.140. The summed E-state index contributed by atoms with van der Waals surface area (Å²) in [6.07, 6.45) is 42.4. The molecule has 0 nitrogen and oxygen atoms in total. The predicted molar refractivity (Wildman–Crippen MR) is 164 cm³/mol. The van der Waals surface area contributed by atoms with Crippen molar-refractivity contribution in [3.63, 3.8) is 0 Å². The van der Waals surface area contributed by atoms with Crippen molar-refractivity contribution in [1.29, 1.82) is 0 Å². The van der Waals surface area contributed by atoms with E-state index in [9.17, 15) is 8.78 Å². The molecule has 0 fully saturated rings. The Balaban J connectivity index is 3.01. The molecule has 0 bridgehead atoms. The fourth-order valence-corrected chi connectivity index (χ4v) is 5.68. The van der Waals surface area contributed by atoms with Gasteiger partial charge in [-0.15, -0.1) is 0 Å². The van der Waals surface area contributed by atoms with Gasteiger partial charge in [-0.05, 0) is 6.42 Å². The summed E-state index contributed by atoms with van der Waals surface area (Å²) in [5, 5.41) is 0. The molecule has 0 atom stereocenters. The summed E-state index contributed by atoms with van der Waals surface area (Å²) in [6.45, 7) is 2.30. The first kappa shape index (κ1) is 36.9. The van der Waals surface area contributed by atoms with Crippen molar-refractivity contribution < 1.29 is 8.78 Å². The van der Waals surface area contributed by atoms with Crippen molar-refractivity contribution in [2.45, 2.75) is 225 Å². The van der Waals surface area contributed by atoms with E-state index in [0.717, 1.165) is 12.8 Å². The van der Waals surface area contributed by atoms with Crippen LogP contribution in [0, 0.1) is 0 Å². The molecule has 0 saturated heterocycles. The SMILES string of the molecule is CCCCCCCCCCCCCCCCCCCCCCCCCCCCCCCCCCC(F)F. The van der Waals surface area contributed by atoms with E-state index >= 15 is 0 Å². The van der Waals surface area contributed by atoms with Crippen LogP contribution in [0.5, 0.6) is 0 Å². The number of unbranched alkanes of at least 4 members (excludes halogenated alkanes) is 31. The van der Waals surface area contributed by atoms with Crippen LogP contribution in [0.15, 0.2) is 0 Å². The third-order valence-electron chi connectivity index (χ3n) is 8.28. The van der Waals surface area contributed by atoms with E-state index in [1.165, 1.54) is 186 Å². The molecule has 0 aliphatic heterocycles. The first-order valence-corrected chi connectivity index (χ1v) is 17.6. The normalized spacial score (nSPS) is 11.7. The molecule has 2 heteroatoms. The molecule has 0 aromatic rings. The Morgan fingerprint density at radius 1 is 0.270 bits per heavy atom. The average molecular weight is 529 g/mol. The Labute approximate surface area is 233 Å². The van der Waals surface area contributed by atoms with E-state index in [0.29, 0.717) is 6.42 Å². The van der Waals surface area contributed by atoms with Gasteiger partial charge in [0.25, 0.3) is 0 Å². The molecule has 0 rings (SSSR count). The zero-order valence-electron chi connectivity index (χ0n) is 25.7. The summed E-state index contributed by atoms with van der Waals surface area (Å²) in [6, 6.07) is 0. The highest BCUT2D eigenvalue weighted by atomic mass is 19.3. The van der Waals surface area contributed by atoms with Crippen LogP contribution in [0.25, 0.3) is 0 Å². The Morgan fingerprint density at radius 3 is 0.595 bits per heavy atom. The van der Waals surface area contributed by atoms with Gasteiger partial charge in [0.05, 0.1) is 0 Å². The molecule has 0 aliphatic rings. The maximum Gasteiger partial charge on any atom is 0.238 e. The van der Waals surface area contributed by atoms with Crippen LogP contribution in [0.1, 0.15) is 219 Å². The van der Waals surface area contributed by atoms with Crippen LogP contribution in [0.3, 0.4) is 0 Å². The van der Waals surface area contributed by atoms with Gasteiger partial charge in [-0.3, -0.25) is 0 Å². The van der Waals surface area contributed by atoms with Gasteiger partial charge in [0.1, 0.15) is 0 Å². The predicted octanol–water partition coefficient (Wildman–Crippen LogP) is 14.1. The van der Waals surface area contributed by atoms with Crippen molar-refractivity contribution in [3.8, 4) is 0 Å². The third-order valence-corrected chi connectivity index (χ3v) is 8.28. The summed E-state index contributed by atoms with van der Waals surface area (Å²) in [5.74, 6) is 0. The minimum Gasteiger partial charge on any atom is -0.211 e. The van der Waals surface area contributed by atoms with Gasteiger partial charge in [0.15, 0.2) is 0 Å². The molecule has 0 unspecified atom stereocenters. The van der Waals surface area contributed by atoms with Gasteiger partial charge >= 0.3 is 0 Å². The minimum atomic E-state index is -2.10. The van der Waals surface area contributed by atoms with Crippen LogP contribution in [0.4, 0.5) is 8.78 Å². The van der Waals surface area contributed by atoms with Crippen molar-refractivity contribution in [1.82, 2.24) is 0 Å². The quantitative estimate of drug-likeness (QED) is 0.0743. The van der Waals surface area contributed by atoms with Crippen molar-refractivity contribution in [2.24, 2.45) is 0 Å². The van der Waals surface area contributed by atoms with Gasteiger partial charge in [-0.2, -0.15) is 0 Å². The molecule has 0 amide bonds. The highest BCUT2D eigenvalue weighted by Gasteiger charge is 2.01. The van der Waals surface area contributed by atoms with E-state index in [4.69, 9.17) is 0 Å². The van der Waals surface area contributed by atoms with E-state index in [2.05, 4.69) is 6.92 Å². The van der Waals surface area contributed by atoms with E-state index in [1.807, 2.05) is 0 Å². The second kappa shape index (κ2) is 33.9. The van der Waals surface area contributed by atoms with Gasteiger partial charge in [0, 0.05) is 6.42 Å². The van der Waals surface area contributed by atoms with Crippen molar-refractivity contribution in [2.75, 3.05) is 0 Å². The highest BCUT2D eigenvalue weighted by molar-refractivity contribution is 4.53. The number of rotatable bonds is 33. The lowest BCUT2D eigenvalue weighted by atomic mass is 10.0. The van der Waals surface area contributed by atoms with Crippen LogP contribution >= 0.6 is 0 Å². The fourth-order valence-electron chi connectivity index (χ4n) is 5.68. The number of hydrogen-bond acceptors (Lipinski definition) is 0. The third kappa shape index (κ3) is 35.9. The maximum atomic E-state index is 12.1. The van der Waals surface area contributed by atoms with Gasteiger partial charge in [-0.1, -0.05) is 206 Å². The van der Waals surface area contributed by atoms with Crippen LogP contribution in [-0.4, -0.2) is 6.43 Å². The van der Waals surface area contributed by atoms with Crippen LogP contribution < -0.4 is 0 Å². The molecule has 0 N–H and O–H groups in total. The topological polar surface area (TPSA) is 0 Å². The zero-order chi connectivity index (χ0) is 26.9. The number of hydrogen-bond donors (Lipinski definition) is 0. The highest BCUT2D eigenvalue weighted by Crippen LogP contribution is 2.17. The molecule has 0 aliphatic carbocycles. The second-order valence-corrected chi connectivity index (χ2v) is 12.1. The molecule has 37 heavy (non-hydrogen) atoms. The molecule has 0 aromatic heterocycles. The summed E-state index contributed by atoms with van der Waals surface area (Å²) in [7, 11) is 0. The van der Waals surface area contributed by atoms with E-state index in [1.54, 1.807) is 0 Å². The van der Waals surface area contributed by atoms with Gasteiger partial charge in [0.2, 0.25) is 6.43 Å². The molecule has 0 spiro atoms. The molecular weight excluding hydrogens is 458 g/mol. The molecule has 0 radical (unpaired) electrons. The standard InChI is InChI=1S/C35H70F2/c1-2-3-4-5-6-7-8-9-10-11-12-13-14-15-16-17-18-19-20-21-22-23-24-25-26-27-28-29-30-31-32-33-34-35(36)37/h35H,2-34H2,1H3. The minimum absolute atomic E-state index is 0.0968. The largest absolute Gasteiger partial charge is 0.238 e. The number of halogens is 2. The summed E-state index contributed by atoms with van der Waals surface area (Å²) >= 11 is 0. The lowest BCUT2D eigenvalue weighted by Crippen LogP contribution is -1.89. The smallest absolute Gasteiger partial charge is 0.211 e. The monoisotopic (exact) mass is 529 g/mol. The molecular formula is C35H70F2. The molecule has 224 valence electrons. The van der Waals surface area contributed by atoms with Crippen LogP contribution in [0.2, 0.25) is 0 Å². The zero-order valence-corrected chi connectivity index (χ0v) is 25.7. The summed E-state index contributed by atoms with van der Waals surface area (Å²) in [5.41, 5.74) is 0. The molecule has 0 aromatic carbocycles. The number of alkyl halides is 2. The Bertz CT molecular complexity index is 381. The van der Waals surface area contributed by atoms with Crippen molar-refractivity contribution in [3.05, 3.63) is 0 Å². The summed E-state index contributed by atoms with van der Waals surface area (Å²) in [4.78, 5) is 0. The second-order valence-electron chi connectivity index (χ2n) is 12.1. The maximum absolute atomic E-state index is 12.1. The fraction of sp³-hybridized carbons (Fsp3) is 1.00. The average Bonchev–Trinajstić information content (AvgIpc) is 2.89.